The average Bonchev–Trinajstić information content (AvgIpc) is 2.97. The number of aliphatic hydroxyl groups excluding tert-OH is 1. The summed E-state index contributed by atoms with van der Waals surface area (Å²) < 4.78 is 18.6. The lowest BCUT2D eigenvalue weighted by Gasteiger charge is -2.56. The highest BCUT2D eigenvalue weighted by atomic mass is 16.7. The molecule has 4 aliphatic carbocycles. The number of ether oxygens (including phenoxy) is 3. The zero-order chi connectivity index (χ0) is 27.8. The summed E-state index contributed by atoms with van der Waals surface area (Å²) in [4.78, 5) is 15.6. The highest BCUT2D eigenvalue weighted by Crippen LogP contribution is 2.55. The molecule has 4 bridgehead atoms. The average molecular weight is 562 g/mol. The molecule has 2 aromatic rings. The predicted molar refractivity (Wildman–Crippen MR) is 155 cm³/mol. The molecule has 0 radical (unpaired) electrons. The molecule has 220 valence electrons. The van der Waals surface area contributed by atoms with Crippen LogP contribution in [-0.2, 0) is 20.8 Å². The number of amides is 2. The van der Waals surface area contributed by atoms with E-state index in [1.807, 2.05) is 48.5 Å². The van der Waals surface area contributed by atoms with E-state index in [1.165, 1.54) is 19.3 Å². The summed E-state index contributed by atoms with van der Waals surface area (Å²) in [5.41, 5.74) is 3.56. The Kier molecular flexibility index (Phi) is 7.77. The molecule has 41 heavy (non-hydrogen) atoms. The smallest absolute Gasteiger partial charge is 0.319 e. The molecule has 0 aromatic heterocycles. The summed E-state index contributed by atoms with van der Waals surface area (Å²) in [6, 6.07) is 15.7. The van der Waals surface area contributed by atoms with E-state index < -0.39 is 6.29 Å². The Bertz CT molecular complexity index is 1180. The molecule has 6 fully saturated rings. The van der Waals surface area contributed by atoms with Gasteiger partial charge >= 0.3 is 6.03 Å². The van der Waals surface area contributed by atoms with Crippen LogP contribution in [0.5, 0.6) is 0 Å². The van der Waals surface area contributed by atoms with Gasteiger partial charge in [-0.25, -0.2) is 4.79 Å². The minimum absolute atomic E-state index is 0.00892. The zero-order valence-electron chi connectivity index (χ0n) is 23.8. The zero-order valence-corrected chi connectivity index (χ0v) is 23.8. The standard InChI is InChI=1S/C33H43N3O5/c37-21-22-4-6-26(7-5-22)30-16-29(20-36-8-10-39-11-9-36)40-31(41-30)27-2-1-3-28(15-27)34-32(38)35-33-17-23-12-24(18-33)14-25(13-23)19-33/h1-7,15,23-25,29-31,37H,8-14,16-21H2,(H2,34,35,38)/t23?,24?,25?,29-,30+,31+,33?/m1/s1. The molecule has 8 heteroatoms. The number of nitrogens with zero attached hydrogens (tertiary/aromatic N) is 1. The number of hydrogen-bond acceptors (Lipinski definition) is 6. The van der Waals surface area contributed by atoms with Gasteiger partial charge in [0.1, 0.15) is 0 Å². The van der Waals surface area contributed by atoms with Crippen LogP contribution in [0.25, 0.3) is 0 Å². The third-order valence-electron chi connectivity index (χ3n) is 10.0. The van der Waals surface area contributed by atoms with E-state index in [-0.39, 0.29) is 30.4 Å². The summed E-state index contributed by atoms with van der Waals surface area (Å²) in [5, 5.41) is 16.0. The van der Waals surface area contributed by atoms with Crippen molar-refractivity contribution in [3.8, 4) is 0 Å². The number of aliphatic hydroxyl groups is 1. The number of urea groups is 1. The van der Waals surface area contributed by atoms with Crippen LogP contribution in [0.4, 0.5) is 10.5 Å². The van der Waals surface area contributed by atoms with Gasteiger partial charge in [-0.15, -0.1) is 0 Å². The first-order valence-corrected chi connectivity index (χ1v) is 15.5. The molecule has 3 atom stereocenters. The molecule has 0 spiro atoms. The van der Waals surface area contributed by atoms with Crippen LogP contribution >= 0.6 is 0 Å². The lowest BCUT2D eigenvalue weighted by Crippen LogP contribution is -2.60. The van der Waals surface area contributed by atoms with E-state index in [0.29, 0.717) is 0 Å². The first-order chi connectivity index (χ1) is 20.0. The van der Waals surface area contributed by atoms with Crippen molar-refractivity contribution in [2.45, 2.75) is 75.6 Å². The summed E-state index contributed by atoms with van der Waals surface area (Å²) in [5.74, 6) is 2.34. The molecule has 8 rings (SSSR count). The fourth-order valence-corrected chi connectivity index (χ4v) is 8.53. The van der Waals surface area contributed by atoms with E-state index in [0.717, 1.165) is 98.7 Å². The summed E-state index contributed by atoms with van der Waals surface area (Å²) >= 11 is 0. The first kappa shape index (κ1) is 27.3. The van der Waals surface area contributed by atoms with Gasteiger partial charge in [0.25, 0.3) is 0 Å². The van der Waals surface area contributed by atoms with Gasteiger partial charge in [-0.2, -0.15) is 0 Å². The highest BCUT2D eigenvalue weighted by molar-refractivity contribution is 5.89. The minimum Gasteiger partial charge on any atom is -0.392 e. The third kappa shape index (κ3) is 6.18. The highest BCUT2D eigenvalue weighted by Gasteiger charge is 2.51. The van der Waals surface area contributed by atoms with Gasteiger partial charge < -0.3 is 30.0 Å². The molecule has 8 nitrogen and oxygen atoms in total. The van der Waals surface area contributed by atoms with E-state index >= 15 is 0 Å². The van der Waals surface area contributed by atoms with Gasteiger partial charge in [0.05, 0.1) is 32.0 Å². The van der Waals surface area contributed by atoms with Crippen LogP contribution in [-0.4, -0.2) is 60.5 Å². The van der Waals surface area contributed by atoms with Crippen LogP contribution in [0.15, 0.2) is 48.5 Å². The molecule has 2 aromatic carbocycles. The first-order valence-electron chi connectivity index (χ1n) is 15.5. The number of benzene rings is 2. The van der Waals surface area contributed by atoms with Crippen molar-refractivity contribution in [3.63, 3.8) is 0 Å². The van der Waals surface area contributed by atoms with Gasteiger partial charge in [-0.05, 0) is 79.5 Å². The Morgan fingerprint density at radius 1 is 0.902 bits per heavy atom. The molecule has 0 unspecified atom stereocenters. The number of morpholine rings is 1. The van der Waals surface area contributed by atoms with Crippen molar-refractivity contribution < 1.29 is 24.1 Å². The fourth-order valence-electron chi connectivity index (χ4n) is 8.53. The van der Waals surface area contributed by atoms with Gasteiger partial charge in [0, 0.05) is 42.8 Å². The minimum atomic E-state index is -0.551. The number of hydrogen-bond donors (Lipinski definition) is 3. The topological polar surface area (TPSA) is 92.3 Å². The largest absolute Gasteiger partial charge is 0.392 e. The number of carbonyl (C=O) groups excluding carboxylic acids is 1. The van der Waals surface area contributed by atoms with Crippen LogP contribution in [0, 0.1) is 17.8 Å². The van der Waals surface area contributed by atoms with Crippen molar-refractivity contribution in [2.24, 2.45) is 17.8 Å². The molecular formula is C33H43N3O5. The molecule has 2 heterocycles. The van der Waals surface area contributed by atoms with E-state index in [4.69, 9.17) is 14.2 Å². The van der Waals surface area contributed by atoms with E-state index in [9.17, 15) is 9.90 Å². The van der Waals surface area contributed by atoms with Gasteiger partial charge in [0.15, 0.2) is 6.29 Å². The number of carbonyl (C=O) groups is 1. The monoisotopic (exact) mass is 561 g/mol. The maximum Gasteiger partial charge on any atom is 0.319 e. The Morgan fingerprint density at radius 2 is 1.61 bits per heavy atom. The van der Waals surface area contributed by atoms with Crippen molar-refractivity contribution in [1.29, 1.82) is 0 Å². The van der Waals surface area contributed by atoms with Gasteiger partial charge in [0.2, 0.25) is 0 Å². The molecule has 2 amide bonds. The second-order valence-electron chi connectivity index (χ2n) is 13.2. The molecule has 2 aliphatic heterocycles. The summed E-state index contributed by atoms with van der Waals surface area (Å²) in [6.07, 6.45) is 7.49. The normalized spacial score (nSPS) is 34.9. The van der Waals surface area contributed by atoms with E-state index in [2.05, 4.69) is 15.5 Å². The maximum absolute atomic E-state index is 13.2. The Balaban J connectivity index is 1.05. The second kappa shape index (κ2) is 11.7. The molecule has 2 saturated heterocycles. The summed E-state index contributed by atoms with van der Waals surface area (Å²) in [6.45, 7) is 4.14. The Hall–Kier alpha value is -2.49. The quantitative estimate of drug-likeness (QED) is 0.433. The number of anilines is 1. The van der Waals surface area contributed by atoms with Crippen LogP contribution in [0.2, 0.25) is 0 Å². The van der Waals surface area contributed by atoms with Crippen molar-refractivity contribution in [1.82, 2.24) is 10.2 Å². The van der Waals surface area contributed by atoms with Crippen LogP contribution < -0.4 is 10.6 Å². The fraction of sp³-hybridized carbons (Fsp3) is 0.606. The molecule has 4 saturated carbocycles. The maximum atomic E-state index is 13.2. The molecule has 6 aliphatic rings. The Labute approximate surface area is 242 Å². The van der Waals surface area contributed by atoms with Crippen LogP contribution in [0.1, 0.15) is 74.0 Å². The van der Waals surface area contributed by atoms with Gasteiger partial charge in [-0.1, -0.05) is 36.4 Å². The molecular weight excluding hydrogens is 518 g/mol. The number of rotatable bonds is 7. The van der Waals surface area contributed by atoms with Crippen molar-refractivity contribution in [3.05, 3.63) is 65.2 Å². The lowest BCUT2D eigenvalue weighted by molar-refractivity contribution is -0.253. The Morgan fingerprint density at radius 3 is 2.29 bits per heavy atom. The van der Waals surface area contributed by atoms with Crippen LogP contribution in [0.3, 0.4) is 0 Å². The predicted octanol–water partition coefficient (Wildman–Crippen LogP) is 5.15. The second-order valence-corrected chi connectivity index (χ2v) is 13.2. The van der Waals surface area contributed by atoms with E-state index in [1.54, 1.807) is 0 Å². The third-order valence-corrected chi connectivity index (χ3v) is 10.0. The van der Waals surface area contributed by atoms with Crippen molar-refractivity contribution in [2.75, 3.05) is 38.2 Å². The SMILES string of the molecule is O=C(Nc1cccc([C@H]2O[C@@H](CN3CCOCC3)C[C@@H](c3ccc(CO)cc3)O2)c1)NC12CC3CC(CC(C3)C1)C2. The number of nitrogens with one attached hydrogen (secondary N) is 2. The summed E-state index contributed by atoms with van der Waals surface area (Å²) in [7, 11) is 0. The molecule has 3 N–H and O–H groups in total. The van der Waals surface area contributed by atoms with Gasteiger partial charge in [-0.3, -0.25) is 4.90 Å². The lowest BCUT2D eigenvalue weighted by atomic mass is 9.53. The van der Waals surface area contributed by atoms with Crippen molar-refractivity contribution >= 4 is 11.7 Å².